The second-order valence-corrected chi connectivity index (χ2v) is 5.64. The van der Waals surface area contributed by atoms with E-state index in [2.05, 4.69) is 42.5 Å². The van der Waals surface area contributed by atoms with Gasteiger partial charge in [-0.3, -0.25) is 4.79 Å². The molecule has 0 radical (unpaired) electrons. The van der Waals surface area contributed by atoms with Crippen LogP contribution in [0.4, 0.5) is 0 Å². The second kappa shape index (κ2) is 4.82. The molecular weight excluding hydrogens is 236 g/mol. The molecule has 2 aromatic rings. The van der Waals surface area contributed by atoms with Crippen molar-refractivity contribution in [1.29, 1.82) is 0 Å². The summed E-state index contributed by atoms with van der Waals surface area (Å²) < 4.78 is 0. The first-order valence-electron chi connectivity index (χ1n) is 6.96. The minimum Gasteiger partial charge on any atom is -0.361 e. The van der Waals surface area contributed by atoms with Crippen LogP contribution < -0.4 is 5.32 Å². The molecule has 2 N–H and O–H groups in total. The number of carbonyl (C=O) groups is 1. The number of piperidine rings is 1. The number of ketones is 1. The molecule has 1 aliphatic rings. The number of aromatic amines is 1. The van der Waals surface area contributed by atoms with Crippen molar-refractivity contribution in [3.63, 3.8) is 0 Å². The molecule has 0 amide bonds. The van der Waals surface area contributed by atoms with E-state index in [9.17, 15) is 4.79 Å². The molecule has 1 fully saturated rings. The van der Waals surface area contributed by atoms with Gasteiger partial charge in [-0.25, -0.2) is 0 Å². The van der Waals surface area contributed by atoms with Gasteiger partial charge in [-0.05, 0) is 37.5 Å². The average Bonchev–Trinajstić information content (AvgIpc) is 2.76. The van der Waals surface area contributed by atoms with Gasteiger partial charge in [0.15, 0.2) is 0 Å². The summed E-state index contributed by atoms with van der Waals surface area (Å²) in [6.45, 7) is 5.90. The lowest BCUT2D eigenvalue weighted by Gasteiger charge is -2.21. The van der Waals surface area contributed by atoms with Crippen molar-refractivity contribution in [1.82, 2.24) is 10.3 Å². The van der Waals surface area contributed by atoms with E-state index in [4.69, 9.17) is 0 Å². The van der Waals surface area contributed by atoms with Gasteiger partial charge in [0.2, 0.25) is 0 Å². The van der Waals surface area contributed by atoms with Crippen molar-refractivity contribution in [3.05, 3.63) is 35.0 Å². The van der Waals surface area contributed by atoms with Gasteiger partial charge in [0.25, 0.3) is 0 Å². The monoisotopic (exact) mass is 256 g/mol. The standard InChI is InChI=1S/C16H20N2O/c1-10-5-11(2)16-14(6-10)12(9-18-16)7-13-8-17-4-3-15(13)19/h5-6,9,13,17-18H,3-4,7-8H2,1-2H3. The van der Waals surface area contributed by atoms with Crippen LogP contribution in [0, 0.1) is 19.8 Å². The van der Waals surface area contributed by atoms with Crippen LogP contribution in [-0.4, -0.2) is 23.9 Å². The van der Waals surface area contributed by atoms with Crippen molar-refractivity contribution >= 4 is 16.7 Å². The molecule has 1 atom stereocenters. The molecule has 1 aromatic carbocycles. The van der Waals surface area contributed by atoms with Gasteiger partial charge in [0.1, 0.15) is 5.78 Å². The predicted octanol–water partition coefficient (Wildman–Crippen LogP) is 2.51. The molecular formula is C16H20N2O. The van der Waals surface area contributed by atoms with E-state index >= 15 is 0 Å². The van der Waals surface area contributed by atoms with Gasteiger partial charge >= 0.3 is 0 Å². The Morgan fingerprint density at radius 3 is 2.95 bits per heavy atom. The zero-order valence-corrected chi connectivity index (χ0v) is 11.5. The Bertz CT molecular complexity index is 627. The van der Waals surface area contributed by atoms with Crippen LogP contribution in [0.15, 0.2) is 18.3 Å². The van der Waals surface area contributed by atoms with Crippen LogP contribution in [0.5, 0.6) is 0 Å². The second-order valence-electron chi connectivity index (χ2n) is 5.64. The molecule has 3 heteroatoms. The highest BCUT2D eigenvalue weighted by Gasteiger charge is 2.23. The molecule has 3 nitrogen and oxygen atoms in total. The Morgan fingerprint density at radius 2 is 2.16 bits per heavy atom. The number of fused-ring (bicyclic) bond motifs is 1. The van der Waals surface area contributed by atoms with E-state index in [0.717, 1.165) is 19.5 Å². The van der Waals surface area contributed by atoms with Crippen LogP contribution in [0.1, 0.15) is 23.1 Å². The zero-order chi connectivity index (χ0) is 13.4. The Morgan fingerprint density at radius 1 is 1.32 bits per heavy atom. The summed E-state index contributed by atoms with van der Waals surface area (Å²) >= 11 is 0. The van der Waals surface area contributed by atoms with Gasteiger partial charge in [-0.15, -0.1) is 0 Å². The number of H-pyrrole nitrogens is 1. The Labute approximate surface area is 113 Å². The van der Waals surface area contributed by atoms with Crippen molar-refractivity contribution in [2.24, 2.45) is 5.92 Å². The first-order valence-corrected chi connectivity index (χ1v) is 6.96. The summed E-state index contributed by atoms with van der Waals surface area (Å²) in [7, 11) is 0. The number of hydrogen-bond acceptors (Lipinski definition) is 2. The zero-order valence-electron chi connectivity index (χ0n) is 11.5. The smallest absolute Gasteiger partial charge is 0.138 e. The maximum Gasteiger partial charge on any atom is 0.138 e. The van der Waals surface area contributed by atoms with E-state index in [1.54, 1.807) is 0 Å². The maximum absolute atomic E-state index is 11.9. The molecule has 100 valence electrons. The van der Waals surface area contributed by atoms with E-state index in [0.29, 0.717) is 12.2 Å². The van der Waals surface area contributed by atoms with Crippen molar-refractivity contribution < 1.29 is 4.79 Å². The molecule has 0 bridgehead atoms. The fraction of sp³-hybridized carbons (Fsp3) is 0.438. The summed E-state index contributed by atoms with van der Waals surface area (Å²) in [6, 6.07) is 4.41. The summed E-state index contributed by atoms with van der Waals surface area (Å²) in [5.74, 6) is 0.533. The molecule has 1 aliphatic heterocycles. The SMILES string of the molecule is Cc1cc(C)c2[nH]cc(CC3CNCCC3=O)c2c1. The van der Waals surface area contributed by atoms with Crippen molar-refractivity contribution in [3.8, 4) is 0 Å². The predicted molar refractivity (Wildman–Crippen MR) is 77.5 cm³/mol. The van der Waals surface area contributed by atoms with E-state index in [-0.39, 0.29) is 5.92 Å². The lowest BCUT2D eigenvalue weighted by atomic mass is 9.90. The van der Waals surface area contributed by atoms with E-state index in [1.165, 1.54) is 27.6 Å². The number of benzene rings is 1. The molecule has 0 aliphatic carbocycles. The molecule has 3 rings (SSSR count). The maximum atomic E-state index is 11.9. The summed E-state index contributed by atoms with van der Waals surface area (Å²) in [6.07, 6.45) is 3.58. The molecule has 0 saturated carbocycles. The highest BCUT2D eigenvalue weighted by Crippen LogP contribution is 2.26. The van der Waals surface area contributed by atoms with Crippen LogP contribution >= 0.6 is 0 Å². The van der Waals surface area contributed by atoms with Crippen molar-refractivity contribution in [2.75, 3.05) is 13.1 Å². The number of aryl methyl sites for hydroxylation is 2. The van der Waals surface area contributed by atoms with Crippen LogP contribution in [0.25, 0.3) is 10.9 Å². The number of rotatable bonds is 2. The summed E-state index contributed by atoms with van der Waals surface area (Å²) in [5, 5.41) is 4.59. The molecule has 2 heterocycles. The van der Waals surface area contributed by atoms with Gasteiger partial charge < -0.3 is 10.3 Å². The average molecular weight is 256 g/mol. The minimum absolute atomic E-state index is 0.133. The van der Waals surface area contributed by atoms with E-state index < -0.39 is 0 Å². The normalized spacial score (nSPS) is 20.1. The first-order chi connectivity index (χ1) is 9.15. The Balaban J connectivity index is 1.95. The molecule has 1 saturated heterocycles. The van der Waals surface area contributed by atoms with Crippen LogP contribution in [0.3, 0.4) is 0 Å². The summed E-state index contributed by atoms with van der Waals surface area (Å²) in [5.41, 5.74) is 5.02. The Hall–Kier alpha value is -1.61. The number of Topliss-reactive ketones (excluding diaryl/α,β-unsaturated/α-hetero) is 1. The number of carbonyl (C=O) groups excluding carboxylic acids is 1. The lowest BCUT2D eigenvalue weighted by molar-refractivity contribution is -0.123. The topological polar surface area (TPSA) is 44.9 Å². The molecule has 1 unspecified atom stereocenters. The summed E-state index contributed by atoms with van der Waals surface area (Å²) in [4.78, 5) is 15.3. The highest BCUT2D eigenvalue weighted by atomic mass is 16.1. The quantitative estimate of drug-likeness (QED) is 0.867. The van der Waals surface area contributed by atoms with Crippen molar-refractivity contribution in [2.45, 2.75) is 26.7 Å². The van der Waals surface area contributed by atoms with Gasteiger partial charge in [-0.1, -0.05) is 11.6 Å². The molecule has 1 aromatic heterocycles. The minimum atomic E-state index is 0.133. The number of aromatic nitrogens is 1. The first kappa shape index (κ1) is 12.4. The van der Waals surface area contributed by atoms with Gasteiger partial charge in [0.05, 0.1) is 0 Å². The third kappa shape index (κ3) is 2.30. The fourth-order valence-electron chi connectivity index (χ4n) is 3.08. The highest BCUT2D eigenvalue weighted by molar-refractivity contribution is 5.88. The molecule has 0 spiro atoms. The fourth-order valence-corrected chi connectivity index (χ4v) is 3.08. The van der Waals surface area contributed by atoms with Gasteiger partial charge in [0, 0.05) is 42.5 Å². The van der Waals surface area contributed by atoms with Crippen LogP contribution in [-0.2, 0) is 11.2 Å². The largest absolute Gasteiger partial charge is 0.361 e. The van der Waals surface area contributed by atoms with Crippen LogP contribution in [0.2, 0.25) is 0 Å². The van der Waals surface area contributed by atoms with Gasteiger partial charge in [-0.2, -0.15) is 0 Å². The lowest BCUT2D eigenvalue weighted by Crippen LogP contribution is -2.37. The Kier molecular flexibility index (Phi) is 3.15. The number of nitrogens with one attached hydrogen (secondary N) is 2. The number of hydrogen-bond donors (Lipinski definition) is 2. The van der Waals surface area contributed by atoms with E-state index in [1.807, 2.05) is 0 Å². The third-order valence-electron chi connectivity index (χ3n) is 4.08. The third-order valence-corrected chi connectivity index (χ3v) is 4.08. The molecule has 19 heavy (non-hydrogen) atoms.